The number of nitro groups is 1. The van der Waals surface area contributed by atoms with E-state index in [0.29, 0.717) is 17.7 Å². The molecule has 1 aliphatic carbocycles. The topological polar surface area (TPSA) is 95.7 Å². The van der Waals surface area contributed by atoms with Crippen LogP contribution in [0.5, 0.6) is 0 Å². The lowest BCUT2D eigenvalue weighted by atomic mass is 10.0. The van der Waals surface area contributed by atoms with Crippen LogP contribution in [0.3, 0.4) is 0 Å². The molecule has 0 heterocycles. The zero-order valence-corrected chi connectivity index (χ0v) is 14.4. The first-order chi connectivity index (χ1) is 11.3. The molecule has 1 aromatic carbocycles. The largest absolute Gasteiger partial charge is 0.393 e. The van der Waals surface area contributed by atoms with E-state index in [1.165, 1.54) is 6.07 Å². The number of carbonyl (C=O) groups is 1. The molecule has 1 aromatic rings. The van der Waals surface area contributed by atoms with E-state index in [9.17, 15) is 20.0 Å². The maximum Gasteiger partial charge on any atom is 0.317 e. The van der Waals surface area contributed by atoms with Gasteiger partial charge in [0.25, 0.3) is 5.69 Å². The first-order valence-electron chi connectivity index (χ1n) is 8.24. The monoisotopic (exact) mass is 335 g/mol. The van der Waals surface area contributed by atoms with Gasteiger partial charge in [-0.2, -0.15) is 0 Å². The Bertz CT molecular complexity index is 620. The summed E-state index contributed by atoms with van der Waals surface area (Å²) in [6, 6.07) is 4.39. The smallest absolute Gasteiger partial charge is 0.317 e. The first-order valence-corrected chi connectivity index (χ1v) is 8.24. The predicted octanol–water partition coefficient (Wildman–Crippen LogP) is 2.77. The van der Waals surface area contributed by atoms with E-state index in [1.54, 1.807) is 37.9 Å². The van der Waals surface area contributed by atoms with Crippen LogP contribution in [0.2, 0.25) is 0 Å². The molecule has 0 spiro atoms. The van der Waals surface area contributed by atoms with Crippen molar-refractivity contribution in [2.45, 2.75) is 45.3 Å². The molecule has 3 atom stereocenters. The summed E-state index contributed by atoms with van der Waals surface area (Å²) in [7, 11) is 1.70. The highest BCUT2D eigenvalue weighted by molar-refractivity contribution is 5.74. The molecule has 2 rings (SSSR count). The molecule has 1 fully saturated rings. The maximum atomic E-state index is 12.3. The van der Waals surface area contributed by atoms with Gasteiger partial charge in [0.1, 0.15) is 0 Å². The van der Waals surface area contributed by atoms with Crippen LogP contribution in [0.25, 0.3) is 0 Å². The lowest BCUT2D eigenvalue weighted by molar-refractivity contribution is -0.385. The summed E-state index contributed by atoms with van der Waals surface area (Å²) in [4.78, 5) is 24.5. The zero-order chi connectivity index (χ0) is 17.9. The molecule has 1 aliphatic rings. The van der Waals surface area contributed by atoms with Crippen molar-refractivity contribution in [3.05, 3.63) is 39.4 Å². The number of aliphatic hydroxyl groups is 1. The van der Waals surface area contributed by atoms with Gasteiger partial charge in [0.05, 0.1) is 17.1 Å². The number of carbonyl (C=O) groups excluding carboxylic acids is 1. The highest BCUT2D eigenvalue weighted by Crippen LogP contribution is 2.26. The Hall–Kier alpha value is -2.15. The Balaban J connectivity index is 1.98. The molecule has 3 unspecified atom stereocenters. The Kier molecular flexibility index (Phi) is 5.77. The van der Waals surface area contributed by atoms with E-state index in [4.69, 9.17) is 0 Å². The Morgan fingerprint density at radius 3 is 2.79 bits per heavy atom. The van der Waals surface area contributed by atoms with E-state index in [-0.39, 0.29) is 29.8 Å². The minimum absolute atomic E-state index is 0.0519. The summed E-state index contributed by atoms with van der Waals surface area (Å²) in [6.45, 7) is 3.99. The van der Waals surface area contributed by atoms with Crippen LogP contribution in [-0.2, 0) is 0 Å². The normalized spacial score (nSPS) is 21.3. The average molecular weight is 335 g/mol. The van der Waals surface area contributed by atoms with Crippen LogP contribution in [-0.4, -0.2) is 40.7 Å². The molecule has 0 aliphatic heterocycles. The molecule has 0 aromatic heterocycles. The van der Waals surface area contributed by atoms with Crippen molar-refractivity contribution in [3.8, 4) is 0 Å². The number of nitro benzene ring substituents is 1. The van der Waals surface area contributed by atoms with Crippen molar-refractivity contribution in [3.63, 3.8) is 0 Å². The molecule has 132 valence electrons. The summed E-state index contributed by atoms with van der Waals surface area (Å²) in [5, 5.41) is 23.8. The van der Waals surface area contributed by atoms with Crippen LogP contribution in [0.1, 0.15) is 43.4 Å². The van der Waals surface area contributed by atoms with E-state index >= 15 is 0 Å². The van der Waals surface area contributed by atoms with Crippen molar-refractivity contribution in [1.29, 1.82) is 0 Å². The minimum Gasteiger partial charge on any atom is -0.393 e. The molecule has 7 heteroatoms. The van der Waals surface area contributed by atoms with Crippen molar-refractivity contribution in [1.82, 2.24) is 10.2 Å². The number of aryl methyl sites for hydroxylation is 1. The van der Waals surface area contributed by atoms with E-state index in [2.05, 4.69) is 5.32 Å². The van der Waals surface area contributed by atoms with Gasteiger partial charge in [-0.15, -0.1) is 0 Å². The summed E-state index contributed by atoms with van der Waals surface area (Å²) in [5.74, 6) is 0.122. The van der Waals surface area contributed by atoms with Gasteiger partial charge in [-0.05, 0) is 32.3 Å². The van der Waals surface area contributed by atoms with Gasteiger partial charge < -0.3 is 15.3 Å². The quantitative estimate of drug-likeness (QED) is 0.639. The SMILES string of the molecule is Cc1ccc(C(C)NC(=O)N(C)CC2CCCC2O)cc1[N+](=O)[O-]. The molecule has 24 heavy (non-hydrogen) atoms. The third kappa shape index (κ3) is 4.23. The van der Waals surface area contributed by atoms with Crippen LogP contribution in [0.15, 0.2) is 18.2 Å². The van der Waals surface area contributed by atoms with Crippen LogP contribution >= 0.6 is 0 Å². The van der Waals surface area contributed by atoms with Gasteiger partial charge in [0, 0.05) is 31.1 Å². The fourth-order valence-electron chi connectivity index (χ4n) is 3.14. The van der Waals surface area contributed by atoms with Gasteiger partial charge >= 0.3 is 6.03 Å². The second-order valence-electron chi connectivity index (χ2n) is 6.61. The number of rotatable bonds is 5. The number of nitrogens with one attached hydrogen (secondary N) is 1. The minimum atomic E-state index is -0.416. The van der Waals surface area contributed by atoms with E-state index in [1.807, 2.05) is 0 Å². The van der Waals surface area contributed by atoms with Crippen LogP contribution in [0, 0.1) is 23.0 Å². The molecule has 2 amide bonds. The van der Waals surface area contributed by atoms with Gasteiger partial charge in [0.2, 0.25) is 0 Å². The number of hydrogen-bond acceptors (Lipinski definition) is 4. The lowest BCUT2D eigenvalue weighted by Gasteiger charge is -2.25. The van der Waals surface area contributed by atoms with E-state index < -0.39 is 4.92 Å². The number of aliphatic hydroxyl groups excluding tert-OH is 1. The fraction of sp³-hybridized carbons (Fsp3) is 0.588. The third-order valence-corrected chi connectivity index (χ3v) is 4.74. The molecule has 1 saturated carbocycles. The molecule has 0 saturated heterocycles. The Morgan fingerprint density at radius 1 is 1.50 bits per heavy atom. The summed E-state index contributed by atoms with van der Waals surface area (Å²) < 4.78 is 0. The highest BCUT2D eigenvalue weighted by Gasteiger charge is 2.28. The fourth-order valence-corrected chi connectivity index (χ4v) is 3.14. The zero-order valence-electron chi connectivity index (χ0n) is 14.4. The third-order valence-electron chi connectivity index (χ3n) is 4.74. The van der Waals surface area contributed by atoms with Gasteiger partial charge in [0.15, 0.2) is 0 Å². The van der Waals surface area contributed by atoms with Gasteiger partial charge in [-0.3, -0.25) is 10.1 Å². The average Bonchev–Trinajstić information content (AvgIpc) is 2.92. The molecular weight excluding hydrogens is 310 g/mol. The van der Waals surface area contributed by atoms with Crippen molar-refractivity contribution in [2.75, 3.05) is 13.6 Å². The van der Waals surface area contributed by atoms with Gasteiger partial charge in [-0.25, -0.2) is 4.79 Å². The van der Waals surface area contributed by atoms with Crippen molar-refractivity contribution >= 4 is 11.7 Å². The van der Waals surface area contributed by atoms with Crippen LogP contribution < -0.4 is 5.32 Å². The maximum absolute atomic E-state index is 12.3. The summed E-state index contributed by atoms with van der Waals surface area (Å²) >= 11 is 0. The highest BCUT2D eigenvalue weighted by atomic mass is 16.6. The van der Waals surface area contributed by atoms with Crippen molar-refractivity contribution in [2.24, 2.45) is 5.92 Å². The molecule has 0 radical (unpaired) electrons. The first kappa shape index (κ1) is 18.2. The molecule has 2 N–H and O–H groups in total. The number of benzene rings is 1. The standard InChI is InChI=1S/C17H25N3O4/c1-11-7-8-13(9-15(11)20(23)24)12(2)18-17(22)19(3)10-14-5-4-6-16(14)21/h7-9,12,14,16,21H,4-6,10H2,1-3H3,(H,18,22). The lowest BCUT2D eigenvalue weighted by Crippen LogP contribution is -2.42. The second kappa shape index (κ2) is 7.61. The molecule has 7 nitrogen and oxygen atoms in total. The number of nitrogens with zero attached hydrogens (tertiary/aromatic N) is 2. The molecular formula is C17H25N3O4. The molecule has 0 bridgehead atoms. The van der Waals surface area contributed by atoms with Gasteiger partial charge in [-0.1, -0.05) is 18.6 Å². The number of urea groups is 1. The number of hydrogen-bond donors (Lipinski definition) is 2. The summed E-state index contributed by atoms with van der Waals surface area (Å²) in [5.41, 5.74) is 1.33. The Morgan fingerprint density at radius 2 is 2.21 bits per heavy atom. The second-order valence-corrected chi connectivity index (χ2v) is 6.61. The summed E-state index contributed by atoms with van der Waals surface area (Å²) in [6.07, 6.45) is 2.38. The Labute approximate surface area is 141 Å². The van der Waals surface area contributed by atoms with E-state index in [0.717, 1.165) is 19.3 Å². The van der Waals surface area contributed by atoms with Crippen LogP contribution in [0.4, 0.5) is 10.5 Å². The van der Waals surface area contributed by atoms with Crippen molar-refractivity contribution < 1.29 is 14.8 Å². The predicted molar refractivity (Wildman–Crippen MR) is 90.8 cm³/mol. The number of amides is 2.